The lowest BCUT2D eigenvalue weighted by Crippen LogP contribution is -2.04. The second-order valence-corrected chi connectivity index (χ2v) is 1.88. The van der Waals surface area contributed by atoms with Gasteiger partial charge in [-0.05, 0) is 5.53 Å². The monoisotopic (exact) mass is 179 g/mol. The average Bonchev–Trinajstić information content (AvgIpc) is 2.03. The third-order valence-corrected chi connectivity index (χ3v) is 1.06. The zero-order valence-electron chi connectivity index (χ0n) is 5.84. The Balaban J connectivity index is 2.90. The van der Waals surface area contributed by atoms with Crippen molar-refractivity contribution in [3.8, 4) is 0 Å². The van der Waals surface area contributed by atoms with E-state index >= 15 is 0 Å². The minimum Gasteiger partial charge on any atom is -0.379 e. The molecule has 0 aromatic rings. The Bertz CT molecular complexity index is 148. The molecule has 0 unspecified atom stereocenters. The van der Waals surface area contributed by atoms with Crippen molar-refractivity contribution in [2.75, 3.05) is 26.4 Å². The highest BCUT2D eigenvalue weighted by Crippen LogP contribution is 1.78. The molecule has 0 spiro atoms. The molecule has 0 N–H and O–H groups in total. The summed E-state index contributed by atoms with van der Waals surface area (Å²) in [6, 6.07) is 0. The van der Waals surface area contributed by atoms with Crippen LogP contribution in [0.3, 0.4) is 0 Å². The molecule has 0 rings (SSSR count). The van der Waals surface area contributed by atoms with Crippen LogP contribution in [-0.2, 0) is 20.9 Å². The van der Waals surface area contributed by atoms with Gasteiger partial charge in [-0.2, -0.15) is 0 Å². The van der Waals surface area contributed by atoms with E-state index in [0.717, 1.165) is 0 Å². The summed E-state index contributed by atoms with van der Waals surface area (Å²) in [6.07, 6.45) is 0. The molecule has 64 valence electrons. The lowest BCUT2D eigenvalue weighted by Gasteiger charge is -1.97. The van der Waals surface area contributed by atoms with Gasteiger partial charge in [0, 0.05) is 11.5 Å². The van der Waals surface area contributed by atoms with Crippen molar-refractivity contribution >= 4 is 11.9 Å². The fraction of sp³-hybridized carbons (Fsp3) is 1.00. The zero-order chi connectivity index (χ0) is 8.36. The van der Waals surface area contributed by atoms with Gasteiger partial charge in [0.05, 0.1) is 19.8 Å². The summed E-state index contributed by atoms with van der Waals surface area (Å²) in [6.45, 7) is 1.31. The van der Waals surface area contributed by atoms with Crippen LogP contribution in [0.5, 0.6) is 0 Å². The number of azide groups is 1. The van der Waals surface area contributed by atoms with E-state index < -0.39 is 0 Å². The van der Waals surface area contributed by atoms with Gasteiger partial charge in [-0.1, -0.05) is 5.11 Å². The summed E-state index contributed by atoms with van der Waals surface area (Å²) in [5.41, 5.74) is 7.84. The molecule has 0 aromatic heterocycles. The van der Waals surface area contributed by atoms with Gasteiger partial charge in [-0.25, -0.2) is 4.21 Å². The maximum atomic E-state index is 9.69. The van der Waals surface area contributed by atoms with Crippen molar-refractivity contribution in [3.05, 3.63) is 10.4 Å². The molecule has 0 aliphatic carbocycles. The maximum absolute atomic E-state index is 9.69. The highest BCUT2D eigenvalue weighted by atomic mass is 32.2. The molecule has 0 amide bonds. The van der Waals surface area contributed by atoms with E-state index in [1.165, 1.54) is 0 Å². The first-order chi connectivity index (χ1) is 5.41. The maximum Gasteiger partial charge on any atom is 0.142 e. The van der Waals surface area contributed by atoms with Crippen LogP contribution >= 0.6 is 0 Å². The molecule has 11 heavy (non-hydrogen) atoms. The largest absolute Gasteiger partial charge is 0.379 e. The van der Waals surface area contributed by atoms with Gasteiger partial charge in [-0.15, -0.1) is 0 Å². The summed E-state index contributed by atoms with van der Waals surface area (Å²) in [4.78, 5) is 2.53. The molecular weight excluding hydrogens is 170 g/mol. The van der Waals surface area contributed by atoms with E-state index in [0.29, 0.717) is 19.8 Å². The Morgan fingerprint density at radius 3 is 2.91 bits per heavy atom. The van der Waals surface area contributed by atoms with Gasteiger partial charge in [-0.3, -0.25) is 4.18 Å². The molecule has 0 aromatic carbocycles. The lowest BCUT2D eigenvalue weighted by molar-refractivity contribution is 0.112. The van der Waals surface area contributed by atoms with Crippen molar-refractivity contribution in [3.63, 3.8) is 0 Å². The Hall–Kier alpha value is -0.620. The molecule has 0 heterocycles. The van der Waals surface area contributed by atoms with Crippen molar-refractivity contribution in [2.24, 2.45) is 5.11 Å². The van der Waals surface area contributed by atoms with E-state index in [2.05, 4.69) is 14.2 Å². The summed E-state index contributed by atoms with van der Waals surface area (Å²) >= 11 is -0.342. The highest BCUT2D eigenvalue weighted by Gasteiger charge is 1.85. The van der Waals surface area contributed by atoms with Crippen molar-refractivity contribution < 1.29 is 13.1 Å². The minimum absolute atomic E-state index is 0.279. The molecule has 0 fully saturated rings. The predicted molar refractivity (Wildman–Crippen MR) is 40.3 cm³/mol. The summed E-state index contributed by atoms with van der Waals surface area (Å²) in [7, 11) is 0. The first kappa shape index (κ1) is 10.4. The average molecular weight is 179 g/mol. The topological polar surface area (TPSA) is 84.3 Å². The fourth-order valence-corrected chi connectivity index (χ4v) is 0.535. The minimum atomic E-state index is -0.342. The van der Waals surface area contributed by atoms with E-state index in [9.17, 15) is 4.21 Å². The Labute approximate surface area is 67.8 Å². The van der Waals surface area contributed by atoms with Crippen molar-refractivity contribution in [1.82, 2.24) is 0 Å². The second kappa shape index (κ2) is 9.38. The van der Waals surface area contributed by atoms with Crippen LogP contribution in [0, 0.1) is 0 Å². The number of nitrogens with zero attached hydrogens (tertiary/aromatic N) is 3. The molecule has 7 heteroatoms. The van der Waals surface area contributed by atoms with E-state index in [4.69, 9.17) is 10.3 Å². The third-order valence-electron chi connectivity index (χ3n) is 0.771. The lowest BCUT2D eigenvalue weighted by atomic mass is 10.7. The number of hydrogen-bond donors (Lipinski definition) is 1. The molecule has 0 radical (unpaired) electrons. The second-order valence-electron chi connectivity index (χ2n) is 1.47. The van der Waals surface area contributed by atoms with Crippen LogP contribution in [0.15, 0.2) is 5.11 Å². The Morgan fingerprint density at radius 1 is 1.45 bits per heavy atom. The molecule has 0 saturated heterocycles. The standard InChI is InChI=1S/C4H9N3O3S/c5-7-6-1-2-9-3-4-10-11-8/h11H,1-4H2. The van der Waals surface area contributed by atoms with Gasteiger partial charge in [0.25, 0.3) is 0 Å². The van der Waals surface area contributed by atoms with Crippen LogP contribution in [0.1, 0.15) is 0 Å². The van der Waals surface area contributed by atoms with E-state index in [1.807, 2.05) is 0 Å². The van der Waals surface area contributed by atoms with Gasteiger partial charge in [0.1, 0.15) is 11.9 Å². The van der Waals surface area contributed by atoms with Crippen LogP contribution in [0.25, 0.3) is 10.4 Å². The molecular formula is C4H9N3O3S. The normalized spacial score (nSPS) is 9.09. The smallest absolute Gasteiger partial charge is 0.142 e. The van der Waals surface area contributed by atoms with Gasteiger partial charge >= 0.3 is 0 Å². The quantitative estimate of drug-likeness (QED) is 0.199. The first-order valence-electron chi connectivity index (χ1n) is 2.95. The number of hydrogen-bond acceptors (Lipinski definition) is 4. The molecule has 0 aliphatic heterocycles. The number of rotatable bonds is 7. The predicted octanol–water partition coefficient (Wildman–Crippen LogP) is 0.190. The van der Waals surface area contributed by atoms with E-state index in [1.54, 1.807) is 0 Å². The van der Waals surface area contributed by atoms with Crippen LogP contribution < -0.4 is 0 Å². The van der Waals surface area contributed by atoms with Gasteiger partial charge in [0.15, 0.2) is 0 Å². The van der Waals surface area contributed by atoms with Crippen LogP contribution in [0.4, 0.5) is 0 Å². The fourth-order valence-electron chi connectivity index (χ4n) is 0.386. The number of thiol groups is 1. The molecule has 6 nitrogen and oxygen atoms in total. The van der Waals surface area contributed by atoms with Crippen LogP contribution in [-0.4, -0.2) is 30.6 Å². The van der Waals surface area contributed by atoms with Crippen molar-refractivity contribution in [2.45, 2.75) is 0 Å². The number of ether oxygens (including phenoxy) is 1. The molecule has 0 saturated carbocycles. The van der Waals surface area contributed by atoms with E-state index in [-0.39, 0.29) is 18.6 Å². The highest BCUT2D eigenvalue weighted by molar-refractivity contribution is 7.60. The molecule has 0 aliphatic rings. The summed E-state index contributed by atoms with van der Waals surface area (Å²) in [5, 5.41) is 3.24. The third kappa shape index (κ3) is 9.38. The van der Waals surface area contributed by atoms with Crippen LogP contribution in [0.2, 0.25) is 0 Å². The zero-order valence-corrected chi connectivity index (χ0v) is 6.74. The SMILES string of the molecule is [N-]=[N+]=NCCOCCO[SH]=O. The van der Waals surface area contributed by atoms with Gasteiger partial charge in [0.2, 0.25) is 0 Å². The summed E-state index contributed by atoms with van der Waals surface area (Å²) in [5.74, 6) is 0. The van der Waals surface area contributed by atoms with Gasteiger partial charge < -0.3 is 4.74 Å². The Kier molecular flexibility index (Phi) is 8.85. The first-order valence-corrected chi connectivity index (χ1v) is 3.68. The Morgan fingerprint density at radius 2 is 2.27 bits per heavy atom. The molecule has 0 bridgehead atoms. The summed E-state index contributed by atoms with van der Waals surface area (Å²) < 4.78 is 19.0. The molecule has 0 atom stereocenters. The van der Waals surface area contributed by atoms with Crippen molar-refractivity contribution in [1.29, 1.82) is 0 Å².